The number of aliphatic hydroxyl groups is 1. The molecule has 2 heterocycles. The van der Waals surface area contributed by atoms with Crippen LogP contribution in [0.25, 0.3) is 0 Å². The molecule has 1 atom stereocenters. The predicted octanol–water partition coefficient (Wildman–Crippen LogP) is 0.597. The van der Waals surface area contributed by atoms with Crippen LogP contribution >= 0.6 is 0 Å². The van der Waals surface area contributed by atoms with Gasteiger partial charge in [0.2, 0.25) is 0 Å². The van der Waals surface area contributed by atoms with E-state index in [0.29, 0.717) is 25.2 Å². The Morgan fingerprint density at radius 3 is 3.00 bits per heavy atom. The van der Waals surface area contributed by atoms with Crippen LogP contribution in [0.2, 0.25) is 0 Å². The van der Waals surface area contributed by atoms with E-state index in [1.165, 1.54) is 0 Å². The summed E-state index contributed by atoms with van der Waals surface area (Å²) in [6.07, 6.45) is 0.288. The first-order valence-electron chi connectivity index (χ1n) is 5.08. The molecule has 1 amide bonds. The van der Waals surface area contributed by atoms with Crippen molar-refractivity contribution in [1.82, 2.24) is 9.88 Å². The Morgan fingerprint density at radius 1 is 1.60 bits per heavy atom. The number of hydrogen-bond acceptors (Lipinski definition) is 3. The van der Waals surface area contributed by atoms with E-state index in [0.717, 1.165) is 5.69 Å². The minimum absolute atomic E-state index is 0.0877. The topological polar surface area (TPSA) is 53.4 Å². The number of aryl methyl sites for hydroxylation is 1. The fraction of sp³-hybridized carbons (Fsp3) is 0.455. The van der Waals surface area contributed by atoms with Gasteiger partial charge in [-0.05, 0) is 25.5 Å². The average Bonchev–Trinajstić information content (AvgIpc) is 2.64. The summed E-state index contributed by atoms with van der Waals surface area (Å²) >= 11 is 0. The Bertz CT molecular complexity index is 379. The zero-order chi connectivity index (χ0) is 10.8. The van der Waals surface area contributed by atoms with Crippen LogP contribution in [0.5, 0.6) is 0 Å². The van der Waals surface area contributed by atoms with Crippen molar-refractivity contribution in [3.8, 4) is 0 Å². The quantitative estimate of drug-likeness (QED) is 0.732. The minimum atomic E-state index is -0.376. The van der Waals surface area contributed by atoms with E-state index in [-0.39, 0.29) is 12.0 Å². The first-order valence-corrected chi connectivity index (χ1v) is 5.08. The van der Waals surface area contributed by atoms with Crippen LogP contribution < -0.4 is 0 Å². The summed E-state index contributed by atoms with van der Waals surface area (Å²) in [5.74, 6) is -0.0877. The van der Waals surface area contributed by atoms with Gasteiger partial charge in [0.25, 0.3) is 5.91 Å². The summed E-state index contributed by atoms with van der Waals surface area (Å²) in [6, 6.07) is 5.39. The highest BCUT2D eigenvalue weighted by atomic mass is 16.3. The molecule has 2 rings (SSSR count). The molecule has 0 aromatic carbocycles. The largest absolute Gasteiger partial charge is 0.391 e. The van der Waals surface area contributed by atoms with E-state index < -0.39 is 0 Å². The van der Waals surface area contributed by atoms with Crippen molar-refractivity contribution in [2.75, 3.05) is 13.1 Å². The van der Waals surface area contributed by atoms with Crippen LogP contribution in [-0.4, -0.2) is 40.1 Å². The second-order valence-electron chi connectivity index (χ2n) is 3.86. The van der Waals surface area contributed by atoms with Gasteiger partial charge in [0, 0.05) is 18.8 Å². The summed E-state index contributed by atoms with van der Waals surface area (Å²) in [4.78, 5) is 17.7. The maximum absolute atomic E-state index is 11.9. The number of amides is 1. The van der Waals surface area contributed by atoms with Crippen molar-refractivity contribution >= 4 is 5.91 Å². The number of carbonyl (C=O) groups excluding carboxylic acids is 1. The van der Waals surface area contributed by atoms with E-state index >= 15 is 0 Å². The number of pyridine rings is 1. The lowest BCUT2D eigenvalue weighted by Crippen LogP contribution is -2.30. The number of hydrogen-bond donors (Lipinski definition) is 1. The molecule has 4 nitrogen and oxygen atoms in total. The molecule has 1 aliphatic heterocycles. The van der Waals surface area contributed by atoms with Crippen molar-refractivity contribution in [2.24, 2.45) is 0 Å². The monoisotopic (exact) mass is 206 g/mol. The summed E-state index contributed by atoms with van der Waals surface area (Å²) in [6.45, 7) is 2.90. The molecular formula is C11H14N2O2. The van der Waals surface area contributed by atoms with Crippen molar-refractivity contribution in [1.29, 1.82) is 0 Å². The molecule has 0 bridgehead atoms. The third kappa shape index (κ3) is 2.15. The zero-order valence-electron chi connectivity index (χ0n) is 8.68. The Hall–Kier alpha value is -1.42. The summed E-state index contributed by atoms with van der Waals surface area (Å²) < 4.78 is 0. The molecule has 0 saturated carbocycles. The average molecular weight is 206 g/mol. The molecule has 80 valence electrons. The maximum atomic E-state index is 11.9. The summed E-state index contributed by atoms with van der Waals surface area (Å²) in [5.41, 5.74) is 1.30. The number of aromatic nitrogens is 1. The van der Waals surface area contributed by atoms with Gasteiger partial charge in [-0.1, -0.05) is 6.07 Å². The molecule has 4 heteroatoms. The first-order chi connectivity index (χ1) is 7.16. The molecule has 1 aromatic rings. The second kappa shape index (κ2) is 3.98. The first kappa shape index (κ1) is 10.1. The molecule has 0 unspecified atom stereocenters. The molecule has 1 aliphatic rings. The lowest BCUT2D eigenvalue weighted by atomic mass is 10.3. The van der Waals surface area contributed by atoms with Gasteiger partial charge in [0.1, 0.15) is 5.69 Å². The van der Waals surface area contributed by atoms with Gasteiger partial charge in [-0.25, -0.2) is 4.98 Å². The smallest absolute Gasteiger partial charge is 0.272 e. The molecule has 15 heavy (non-hydrogen) atoms. The fourth-order valence-electron chi connectivity index (χ4n) is 1.75. The molecule has 1 aromatic heterocycles. The van der Waals surface area contributed by atoms with E-state index in [1.54, 1.807) is 11.0 Å². The number of aliphatic hydroxyl groups excluding tert-OH is 1. The van der Waals surface area contributed by atoms with Crippen molar-refractivity contribution in [3.05, 3.63) is 29.6 Å². The van der Waals surface area contributed by atoms with Crippen molar-refractivity contribution < 1.29 is 9.90 Å². The number of nitrogens with zero attached hydrogens (tertiary/aromatic N) is 2. The lowest BCUT2D eigenvalue weighted by Gasteiger charge is -2.14. The van der Waals surface area contributed by atoms with Gasteiger partial charge in [-0.3, -0.25) is 4.79 Å². The Balaban J connectivity index is 2.14. The van der Waals surface area contributed by atoms with E-state index in [9.17, 15) is 9.90 Å². The molecule has 0 radical (unpaired) electrons. The highest BCUT2D eigenvalue weighted by Gasteiger charge is 2.25. The molecule has 1 saturated heterocycles. The van der Waals surface area contributed by atoms with Crippen LogP contribution in [0, 0.1) is 6.92 Å². The van der Waals surface area contributed by atoms with Gasteiger partial charge in [0.15, 0.2) is 0 Å². The molecule has 0 spiro atoms. The zero-order valence-corrected chi connectivity index (χ0v) is 8.68. The van der Waals surface area contributed by atoms with Gasteiger partial charge < -0.3 is 10.0 Å². The summed E-state index contributed by atoms with van der Waals surface area (Å²) in [5, 5.41) is 9.34. The third-order valence-electron chi connectivity index (χ3n) is 2.56. The third-order valence-corrected chi connectivity index (χ3v) is 2.56. The number of likely N-dealkylation sites (tertiary alicyclic amines) is 1. The van der Waals surface area contributed by atoms with Gasteiger partial charge in [-0.15, -0.1) is 0 Å². The Morgan fingerprint density at radius 2 is 2.40 bits per heavy atom. The van der Waals surface area contributed by atoms with Crippen LogP contribution in [-0.2, 0) is 0 Å². The fourth-order valence-corrected chi connectivity index (χ4v) is 1.75. The summed E-state index contributed by atoms with van der Waals surface area (Å²) in [7, 11) is 0. The van der Waals surface area contributed by atoms with E-state index in [4.69, 9.17) is 0 Å². The SMILES string of the molecule is Cc1cccc(C(=O)N2CC[C@@H](O)C2)n1. The van der Waals surface area contributed by atoms with Gasteiger partial charge in [0.05, 0.1) is 6.10 Å². The van der Waals surface area contributed by atoms with Crippen molar-refractivity contribution in [3.63, 3.8) is 0 Å². The Labute approximate surface area is 88.6 Å². The van der Waals surface area contributed by atoms with Crippen LogP contribution in [0.15, 0.2) is 18.2 Å². The van der Waals surface area contributed by atoms with Gasteiger partial charge in [-0.2, -0.15) is 0 Å². The highest BCUT2D eigenvalue weighted by molar-refractivity contribution is 5.92. The number of rotatable bonds is 1. The van der Waals surface area contributed by atoms with Crippen LogP contribution in [0.4, 0.5) is 0 Å². The normalized spacial score (nSPS) is 20.7. The molecule has 1 N–H and O–H groups in total. The maximum Gasteiger partial charge on any atom is 0.272 e. The Kier molecular flexibility index (Phi) is 2.68. The lowest BCUT2D eigenvalue weighted by molar-refractivity contribution is 0.0759. The molecule has 1 fully saturated rings. The van der Waals surface area contributed by atoms with Crippen LogP contribution in [0.3, 0.4) is 0 Å². The second-order valence-corrected chi connectivity index (χ2v) is 3.86. The molecule has 0 aliphatic carbocycles. The molecular weight excluding hydrogens is 192 g/mol. The van der Waals surface area contributed by atoms with E-state index in [2.05, 4.69) is 4.98 Å². The highest BCUT2D eigenvalue weighted by Crippen LogP contribution is 2.12. The minimum Gasteiger partial charge on any atom is -0.391 e. The van der Waals surface area contributed by atoms with Crippen molar-refractivity contribution in [2.45, 2.75) is 19.4 Å². The number of carbonyl (C=O) groups is 1. The number of β-amino-alcohol motifs (C(OH)–C–C–N with tert-alkyl or cyclic N) is 1. The van der Waals surface area contributed by atoms with E-state index in [1.807, 2.05) is 19.1 Å². The van der Waals surface area contributed by atoms with Crippen LogP contribution in [0.1, 0.15) is 22.6 Å². The predicted molar refractivity (Wildman–Crippen MR) is 55.5 cm³/mol. The van der Waals surface area contributed by atoms with Gasteiger partial charge >= 0.3 is 0 Å². The standard InChI is InChI=1S/C11H14N2O2/c1-8-3-2-4-10(12-8)11(15)13-6-5-9(14)7-13/h2-4,9,14H,5-7H2,1H3/t9-/m1/s1.